The third kappa shape index (κ3) is 24.1. The van der Waals surface area contributed by atoms with Crippen molar-refractivity contribution in [1.29, 1.82) is 0 Å². The SMILES string of the molecule is CC(=O)C(Cc1ccccc1)Cc1ccccc1.CC(=O)C(Cc1ccccc1)Cc1ccccc1.CC(=O)C(Cc1ccccc1)Cc1ccccc1.ClC(Cl)Cl.[Pd].[Pd]. The molecular weight excluding hydrogens is 992 g/mol. The first-order chi connectivity index (χ1) is 28.0. The first kappa shape index (κ1) is 54.5. The van der Waals surface area contributed by atoms with E-state index in [0.29, 0.717) is 0 Å². The van der Waals surface area contributed by atoms with Crippen molar-refractivity contribution in [2.24, 2.45) is 17.8 Å². The summed E-state index contributed by atoms with van der Waals surface area (Å²) in [6.07, 6.45) is 4.95. The van der Waals surface area contributed by atoms with Gasteiger partial charge in [-0.3, -0.25) is 14.4 Å². The molecule has 0 saturated carbocycles. The van der Waals surface area contributed by atoms with Crippen LogP contribution in [0.5, 0.6) is 0 Å². The topological polar surface area (TPSA) is 51.2 Å². The zero-order valence-corrected chi connectivity index (χ0v) is 39.7. The van der Waals surface area contributed by atoms with Gasteiger partial charge in [-0.1, -0.05) is 217 Å². The Hall–Kier alpha value is -3.48. The number of alkyl halides is 3. The molecular formula is C52H55Cl3O3Pd2. The molecule has 0 fully saturated rings. The van der Waals surface area contributed by atoms with Crippen molar-refractivity contribution in [3.8, 4) is 0 Å². The van der Waals surface area contributed by atoms with Crippen LogP contribution in [0, 0.1) is 17.8 Å². The number of hydrogen-bond acceptors (Lipinski definition) is 3. The van der Waals surface area contributed by atoms with E-state index in [1.54, 1.807) is 20.8 Å². The summed E-state index contributed by atoms with van der Waals surface area (Å²) in [5.41, 5.74) is 7.38. The van der Waals surface area contributed by atoms with Crippen molar-refractivity contribution >= 4 is 52.2 Å². The first-order valence-electron chi connectivity index (χ1n) is 19.7. The van der Waals surface area contributed by atoms with Gasteiger partial charge >= 0.3 is 0 Å². The number of benzene rings is 6. The molecule has 0 bridgehead atoms. The molecule has 0 aliphatic carbocycles. The Labute approximate surface area is 401 Å². The summed E-state index contributed by atoms with van der Waals surface area (Å²) in [6, 6.07) is 61.3. The van der Waals surface area contributed by atoms with E-state index in [2.05, 4.69) is 72.8 Å². The van der Waals surface area contributed by atoms with E-state index in [1.807, 2.05) is 109 Å². The van der Waals surface area contributed by atoms with E-state index in [0.717, 1.165) is 38.5 Å². The largest absolute Gasteiger partial charge is 0.300 e. The zero-order valence-electron chi connectivity index (χ0n) is 34.4. The van der Waals surface area contributed by atoms with Gasteiger partial charge in [0.2, 0.25) is 0 Å². The molecule has 0 unspecified atom stereocenters. The van der Waals surface area contributed by atoms with Crippen LogP contribution in [0.15, 0.2) is 182 Å². The second kappa shape index (κ2) is 32.3. The van der Waals surface area contributed by atoms with Gasteiger partial charge in [0.15, 0.2) is 4.30 Å². The van der Waals surface area contributed by atoms with Crippen molar-refractivity contribution in [3.05, 3.63) is 215 Å². The van der Waals surface area contributed by atoms with E-state index in [-0.39, 0.29) is 75.9 Å². The molecule has 0 spiro atoms. The third-order valence-corrected chi connectivity index (χ3v) is 9.67. The molecule has 60 heavy (non-hydrogen) atoms. The average Bonchev–Trinajstić information content (AvgIpc) is 3.23. The van der Waals surface area contributed by atoms with Crippen molar-refractivity contribution in [1.82, 2.24) is 0 Å². The Kier molecular flexibility index (Phi) is 29.3. The van der Waals surface area contributed by atoms with E-state index >= 15 is 0 Å². The number of halogens is 3. The molecule has 6 aromatic carbocycles. The smallest absolute Gasteiger partial charge is 0.180 e. The summed E-state index contributed by atoms with van der Waals surface area (Å²) in [5, 5.41) is 0. The molecule has 0 aliphatic heterocycles. The number of ketones is 3. The van der Waals surface area contributed by atoms with E-state index < -0.39 is 4.30 Å². The number of carbonyl (C=O) groups is 3. The average molecular weight is 1050 g/mol. The van der Waals surface area contributed by atoms with Crippen molar-refractivity contribution in [2.45, 2.75) is 63.6 Å². The van der Waals surface area contributed by atoms with E-state index in [4.69, 9.17) is 34.8 Å². The minimum Gasteiger partial charge on any atom is -0.300 e. The van der Waals surface area contributed by atoms with Gasteiger partial charge in [0.25, 0.3) is 0 Å². The van der Waals surface area contributed by atoms with Gasteiger partial charge in [-0.15, -0.1) is 0 Å². The Morgan fingerprint density at radius 1 is 0.317 bits per heavy atom. The summed E-state index contributed by atoms with van der Waals surface area (Å²) in [5.74, 6) is 1.03. The number of rotatable bonds is 15. The van der Waals surface area contributed by atoms with Crippen LogP contribution >= 0.6 is 34.8 Å². The maximum atomic E-state index is 11.8. The molecule has 322 valence electrons. The van der Waals surface area contributed by atoms with Crippen molar-refractivity contribution < 1.29 is 55.2 Å². The van der Waals surface area contributed by atoms with Crippen LogP contribution in [0.1, 0.15) is 54.2 Å². The van der Waals surface area contributed by atoms with Gasteiger partial charge in [-0.25, -0.2) is 0 Å². The van der Waals surface area contributed by atoms with E-state index in [9.17, 15) is 14.4 Å². The van der Waals surface area contributed by atoms with Gasteiger partial charge in [0.05, 0.1) is 0 Å². The number of carbonyl (C=O) groups excluding carboxylic acids is 3. The standard InChI is InChI=1S/3C17H18O.CHCl3.2Pd/c3*1-14(18)17(12-15-8-4-2-5-9-15)13-16-10-6-3-7-11-16;2-1(3)4;;/h3*2-11,17H,12-13H2,1H3;1H;;. The van der Waals surface area contributed by atoms with Crippen LogP contribution in [0.2, 0.25) is 0 Å². The molecule has 6 aromatic rings. The fourth-order valence-corrected chi connectivity index (χ4v) is 6.47. The normalized spacial score (nSPS) is 10.1. The number of Topliss-reactive ketones (excluding diaryl/α,β-unsaturated/α-hetero) is 3. The Bertz CT molecular complexity index is 1650. The fraction of sp³-hybridized carbons (Fsp3) is 0.250. The monoisotopic (exact) mass is 1040 g/mol. The quantitative estimate of drug-likeness (QED) is 0.0761. The third-order valence-electron chi connectivity index (χ3n) is 9.67. The van der Waals surface area contributed by atoms with Crippen molar-refractivity contribution in [3.63, 3.8) is 0 Å². The van der Waals surface area contributed by atoms with Gasteiger partial charge in [0, 0.05) is 58.6 Å². The van der Waals surface area contributed by atoms with Crippen LogP contribution in [-0.2, 0) is 93.8 Å². The van der Waals surface area contributed by atoms with Crippen molar-refractivity contribution in [2.75, 3.05) is 0 Å². The van der Waals surface area contributed by atoms with Crippen LogP contribution in [0.4, 0.5) is 0 Å². The fourth-order valence-electron chi connectivity index (χ4n) is 6.47. The summed E-state index contributed by atoms with van der Waals surface area (Å²) < 4.78 is -0.750. The molecule has 0 atom stereocenters. The predicted octanol–water partition coefficient (Wildman–Crippen LogP) is 13.0. The Morgan fingerprint density at radius 3 is 0.533 bits per heavy atom. The Balaban J connectivity index is 0.000000423. The summed E-state index contributed by atoms with van der Waals surface area (Å²) in [7, 11) is 0. The van der Waals surface area contributed by atoms with Crippen LogP contribution in [0.25, 0.3) is 0 Å². The van der Waals surface area contributed by atoms with Gasteiger partial charge in [-0.05, 0) is 92.7 Å². The van der Waals surface area contributed by atoms with Gasteiger partial charge < -0.3 is 0 Å². The summed E-state index contributed by atoms with van der Waals surface area (Å²) in [6.45, 7) is 5.07. The number of hydrogen-bond donors (Lipinski definition) is 0. The molecule has 0 heterocycles. The first-order valence-corrected chi connectivity index (χ1v) is 21.0. The predicted molar refractivity (Wildman–Crippen MR) is 245 cm³/mol. The molecule has 0 aromatic heterocycles. The second-order valence-electron chi connectivity index (χ2n) is 14.3. The van der Waals surface area contributed by atoms with Gasteiger partial charge in [0.1, 0.15) is 17.3 Å². The molecule has 8 heteroatoms. The molecule has 0 aliphatic rings. The maximum Gasteiger partial charge on any atom is 0.180 e. The molecule has 0 N–H and O–H groups in total. The minimum atomic E-state index is -0.750. The molecule has 3 nitrogen and oxygen atoms in total. The van der Waals surface area contributed by atoms with Crippen LogP contribution in [0.3, 0.4) is 0 Å². The maximum absolute atomic E-state index is 11.8. The van der Waals surface area contributed by atoms with E-state index in [1.165, 1.54) is 33.4 Å². The summed E-state index contributed by atoms with van der Waals surface area (Å²) in [4.78, 5) is 35.3. The van der Waals surface area contributed by atoms with Crippen LogP contribution in [-0.4, -0.2) is 21.6 Å². The Morgan fingerprint density at radius 2 is 0.433 bits per heavy atom. The zero-order chi connectivity index (χ0) is 42.0. The molecule has 6 rings (SSSR count). The molecule has 0 saturated heterocycles. The minimum absolute atomic E-state index is 0. The molecule has 0 radical (unpaired) electrons. The van der Waals surface area contributed by atoms with Crippen LogP contribution < -0.4 is 0 Å². The summed E-state index contributed by atoms with van der Waals surface area (Å²) >= 11 is 14.4. The second-order valence-corrected chi connectivity index (χ2v) is 16.3. The van der Waals surface area contributed by atoms with Gasteiger partial charge in [-0.2, -0.15) is 0 Å². The molecule has 0 amide bonds.